The number of aliphatic hydroxyl groups is 1. The molecule has 0 aromatic heterocycles. The van der Waals surface area contributed by atoms with Crippen molar-refractivity contribution in [3.8, 4) is 0 Å². The second-order valence-electron chi connectivity index (χ2n) is 4.02. The van der Waals surface area contributed by atoms with E-state index in [9.17, 15) is 5.11 Å². The minimum absolute atomic E-state index is 0.0429. The van der Waals surface area contributed by atoms with Crippen LogP contribution in [0.4, 0.5) is 0 Å². The third kappa shape index (κ3) is 2.67. The van der Waals surface area contributed by atoms with Crippen LogP contribution in [0.2, 0.25) is 0 Å². The molecule has 0 aromatic carbocycles. The van der Waals surface area contributed by atoms with Gasteiger partial charge in [-0.3, -0.25) is 0 Å². The molecule has 62 valence electrons. The highest BCUT2D eigenvalue weighted by Crippen LogP contribution is 2.24. The zero-order chi connectivity index (χ0) is 8.36. The van der Waals surface area contributed by atoms with Crippen molar-refractivity contribution in [3.63, 3.8) is 0 Å². The lowest BCUT2D eigenvalue weighted by molar-refractivity contribution is 0.0212. The number of nitrogens with two attached hydrogens (primary N) is 1. The van der Waals surface area contributed by atoms with E-state index in [1.807, 2.05) is 27.7 Å². The molecule has 2 atom stereocenters. The van der Waals surface area contributed by atoms with Gasteiger partial charge in [-0.1, -0.05) is 27.7 Å². The van der Waals surface area contributed by atoms with Crippen molar-refractivity contribution in [1.29, 1.82) is 0 Å². The Morgan fingerprint density at radius 1 is 1.40 bits per heavy atom. The number of hydrogen-bond donors (Lipinski definition) is 2. The summed E-state index contributed by atoms with van der Waals surface area (Å²) < 4.78 is 0. The van der Waals surface area contributed by atoms with E-state index in [2.05, 4.69) is 0 Å². The zero-order valence-electron chi connectivity index (χ0n) is 7.39. The Hall–Kier alpha value is -0.0800. The summed E-state index contributed by atoms with van der Waals surface area (Å²) in [5, 5.41) is 9.57. The SMILES string of the molecule is CC(CN)C(O)C(C)(C)C. The summed E-state index contributed by atoms with van der Waals surface area (Å²) in [4.78, 5) is 0. The molecule has 0 spiro atoms. The van der Waals surface area contributed by atoms with E-state index >= 15 is 0 Å². The Labute approximate surface area is 63.4 Å². The summed E-state index contributed by atoms with van der Waals surface area (Å²) in [5.41, 5.74) is 5.37. The molecule has 0 amide bonds. The first-order chi connectivity index (χ1) is 4.39. The molecule has 2 nitrogen and oxygen atoms in total. The smallest absolute Gasteiger partial charge is 0.0626 e. The molecular weight excluding hydrogens is 126 g/mol. The predicted molar refractivity (Wildman–Crippen MR) is 43.7 cm³/mol. The van der Waals surface area contributed by atoms with Gasteiger partial charge in [0.25, 0.3) is 0 Å². The van der Waals surface area contributed by atoms with Crippen molar-refractivity contribution in [1.82, 2.24) is 0 Å². The molecular formula is C8H19NO. The van der Waals surface area contributed by atoms with Crippen LogP contribution in [0.5, 0.6) is 0 Å². The van der Waals surface area contributed by atoms with E-state index in [0.717, 1.165) is 0 Å². The minimum atomic E-state index is -0.294. The zero-order valence-corrected chi connectivity index (χ0v) is 7.39. The highest BCUT2D eigenvalue weighted by molar-refractivity contribution is 4.77. The third-order valence-corrected chi connectivity index (χ3v) is 1.80. The predicted octanol–water partition coefficient (Wildman–Crippen LogP) is 0.988. The van der Waals surface area contributed by atoms with Crippen LogP contribution in [-0.4, -0.2) is 17.8 Å². The first-order valence-corrected chi connectivity index (χ1v) is 3.77. The lowest BCUT2D eigenvalue weighted by atomic mass is 9.82. The molecule has 10 heavy (non-hydrogen) atoms. The van der Waals surface area contributed by atoms with Gasteiger partial charge in [-0.25, -0.2) is 0 Å². The highest BCUT2D eigenvalue weighted by atomic mass is 16.3. The molecule has 2 heteroatoms. The first-order valence-electron chi connectivity index (χ1n) is 3.77. The molecule has 0 rings (SSSR count). The Morgan fingerprint density at radius 2 is 1.80 bits per heavy atom. The van der Waals surface area contributed by atoms with Gasteiger partial charge >= 0.3 is 0 Å². The van der Waals surface area contributed by atoms with Gasteiger partial charge in [-0.05, 0) is 17.9 Å². The quantitative estimate of drug-likeness (QED) is 0.608. The molecule has 0 aromatic rings. The van der Waals surface area contributed by atoms with Gasteiger partial charge < -0.3 is 10.8 Å². The Kier molecular flexibility index (Phi) is 3.33. The second-order valence-corrected chi connectivity index (χ2v) is 4.02. The minimum Gasteiger partial charge on any atom is -0.392 e. The van der Waals surface area contributed by atoms with Gasteiger partial charge in [-0.15, -0.1) is 0 Å². The number of rotatable bonds is 2. The summed E-state index contributed by atoms with van der Waals surface area (Å²) >= 11 is 0. The monoisotopic (exact) mass is 145 g/mol. The molecule has 0 aliphatic carbocycles. The summed E-state index contributed by atoms with van der Waals surface area (Å²) in [5.74, 6) is 0.194. The Balaban J connectivity index is 3.94. The molecule has 0 bridgehead atoms. The fourth-order valence-electron chi connectivity index (χ4n) is 0.982. The lowest BCUT2D eigenvalue weighted by Gasteiger charge is -2.30. The molecule has 0 radical (unpaired) electrons. The second kappa shape index (κ2) is 3.35. The average molecular weight is 145 g/mol. The van der Waals surface area contributed by atoms with Crippen molar-refractivity contribution in [2.45, 2.75) is 33.8 Å². The van der Waals surface area contributed by atoms with Gasteiger partial charge in [0.1, 0.15) is 0 Å². The summed E-state index contributed by atoms with van der Waals surface area (Å²) in [6, 6.07) is 0. The van der Waals surface area contributed by atoms with E-state index in [-0.39, 0.29) is 17.4 Å². The molecule has 0 heterocycles. The standard InChI is InChI=1S/C8H19NO/c1-6(5-9)7(10)8(2,3)4/h6-7,10H,5,9H2,1-4H3. The van der Waals surface area contributed by atoms with Crippen LogP contribution in [0.3, 0.4) is 0 Å². The molecule has 0 saturated heterocycles. The maximum absolute atomic E-state index is 9.57. The van der Waals surface area contributed by atoms with Crippen LogP contribution in [0.1, 0.15) is 27.7 Å². The summed E-state index contributed by atoms with van der Waals surface area (Å²) in [7, 11) is 0. The normalized spacial score (nSPS) is 18.6. The van der Waals surface area contributed by atoms with Crippen molar-refractivity contribution in [2.75, 3.05) is 6.54 Å². The fraction of sp³-hybridized carbons (Fsp3) is 1.00. The van der Waals surface area contributed by atoms with E-state index < -0.39 is 0 Å². The fourth-order valence-corrected chi connectivity index (χ4v) is 0.982. The van der Waals surface area contributed by atoms with Gasteiger partial charge in [0, 0.05) is 0 Å². The van der Waals surface area contributed by atoms with Crippen molar-refractivity contribution in [2.24, 2.45) is 17.1 Å². The van der Waals surface area contributed by atoms with Gasteiger partial charge in [0.15, 0.2) is 0 Å². The maximum atomic E-state index is 9.57. The highest BCUT2D eigenvalue weighted by Gasteiger charge is 2.26. The van der Waals surface area contributed by atoms with Crippen LogP contribution in [-0.2, 0) is 0 Å². The molecule has 0 fully saturated rings. The van der Waals surface area contributed by atoms with E-state index in [0.29, 0.717) is 6.54 Å². The van der Waals surface area contributed by atoms with Gasteiger partial charge in [0.05, 0.1) is 6.10 Å². The Bertz CT molecular complexity index is 95.9. The average Bonchev–Trinajstić information content (AvgIpc) is 1.83. The van der Waals surface area contributed by atoms with Crippen molar-refractivity contribution in [3.05, 3.63) is 0 Å². The van der Waals surface area contributed by atoms with Crippen LogP contribution >= 0.6 is 0 Å². The molecule has 0 saturated carbocycles. The van der Waals surface area contributed by atoms with E-state index in [1.54, 1.807) is 0 Å². The first kappa shape index (κ1) is 9.92. The third-order valence-electron chi connectivity index (χ3n) is 1.80. The lowest BCUT2D eigenvalue weighted by Crippen LogP contribution is -2.36. The van der Waals surface area contributed by atoms with Crippen molar-refractivity contribution < 1.29 is 5.11 Å². The van der Waals surface area contributed by atoms with Crippen molar-refractivity contribution >= 4 is 0 Å². The molecule has 2 unspecified atom stereocenters. The molecule has 0 aliphatic heterocycles. The Morgan fingerprint density at radius 3 is 1.90 bits per heavy atom. The number of aliphatic hydroxyl groups excluding tert-OH is 1. The van der Waals surface area contributed by atoms with Gasteiger partial charge in [0.2, 0.25) is 0 Å². The molecule has 3 N–H and O–H groups in total. The van der Waals surface area contributed by atoms with E-state index in [1.165, 1.54) is 0 Å². The molecule has 0 aliphatic rings. The van der Waals surface area contributed by atoms with Crippen LogP contribution in [0.15, 0.2) is 0 Å². The summed E-state index contributed by atoms with van der Waals surface area (Å²) in [6.07, 6.45) is -0.294. The van der Waals surface area contributed by atoms with E-state index in [4.69, 9.17) is 5.73 Å². The summed E-state index contributed by atoms with van der Waals surface area (Å²) in [6.45, 7) is 8.58. The topological polar surface area (TPSA) is 46.2 Å². The van der Waals surface area contributed by atoms with Crippen LogP contribution in [0.25, 0.3) is 0 Å². The largest absolute Gasteiger partial charge is 0.392 e. The maximum Gasteiger partial charge on any atom is 0.0626 e. The van der Waals surface area contributed by atoms with Gasteiger partial charge in [-0.2, -0.15) is 0 Å². The van der Waals surface area contributed by atoms with Crippen LogP contribution < -0.4 is 5.73 Å². The number of hydrogen-bond acceptors (Lipinski definition) is 2. The van der Waals surface area contributed by atoms with Crippen LogP contribution in [0, 0.1) is 11.3 Å².